The van der Waals surface area contributed by atoms with Crippen molar-refractivity contribution in [2.45, 2.75) is 59.8 Å². The normalized spacial score (nSPS) is 15.4. The molecule has 0 aliphatic rings. The van der Waals surface area contributed by atoms with Gasteiger partial charge >= 0.3 is 0 Å². The standard InChI is InChI=1S/C12H24O/c1-5-7-8-9-10(3)11(4)12(13)6-2/h10-11H,5-9H2,1-4H3/t10-,11+/m0/s1. The summed E-state index contributed by atoms with van der Waals surface area (Å²) >= 11 is 0. The average Bonchev–Trinajstić information content (AvgIpc) is 2.15. The highest BCUT2D eigenvalue weighted by molar-refractivity contribution is 5.80. The minimum atomic E-state index is 0.266. The van der Waals surface area contributed by atoms with Gasteiger partial charge in [-0.1, -0.05) is 53.4 Å². The molecule has 0 aromatic rings. The minimum absolute atomic E-state index is 0.266. The summed E-state index contributed by atoms with van der Waals surface area (Å²) in [4.78, 5) is 11.4. The van der Waals surface area contributed by atoms with E-state index in [1.165, 1.54) is 25.7 Å². The third-order valence-corrected chi connectivity index (χ3v) is 2.97. The molecule has 0 saturated heterocycles. The summed E-state index contributed by atoms with van der Waals surface area (Å²) in [5.74, 6) is 1.25. The molecule has 0 heterocycles. The van der Waals surface area contributed by atoms with Crippen LogP contribution in [0, 0.1) is 11.8 Å². The van der Waals surface area contributed by atoms with Crippen molar-refractivity contribution in [3.8, 4) is 0 Å². The van der Waals surface area contributed by atoms with E-state index in [9.17, 15) is 4.79 Å². The molecule has 0 aliphatic heterocycles. The van der Waals surface area contributed by atoms with Crippen LogP contribution in [-0.2, 0) is 4.79 Å². The first-order valence-corrected chi connectivity index (χ1v) is 5.66. The van der Waals surface area contributed by atoms with Crippen molar-refractivity contribution >= 4 is 5.78 Å². The predicted molar refractivity (Wildman–Crippen MR) is 57.8 cm³/mol. The number of carbonyl (C=O) groups is 1. The lowest BCUT2D eigenvalue weighted by molar-refractivity contribution is -0.123. The summed E-state index contributed by atoms with van der Waals surface area (Å²) in [6.45, 7) is 8.44. The molecule has 0 aliphatic carbocycles. The summed E-state index contributed by atoms with van der Waals surface area (Å²) in [7, 11) is 0. The molecule has 13 heavy (non-hydrogen) atoms. The van der Waals surface area contributed by atoms with E-state index in [-0.39, 0.29) is 5.92 Å². The molecule has 78 valence electrons. The zero-order chi connectivity index (χ0) is 10.3. The third-order valence-electron chi connectivity index (χ3n) is 2.97. The molecule has 0 aromatic carbocycles. The topological polar surface area (TPSA) is 17.1 Å². The van der Waals surface area contributed by atoms with Gasteiger partial charge in [0.25, 0.3) is 0 Å². The highest BCUT2D eigenvalue weighted by Gasteiger charge is 2.17. The van der Waals surface area contributed by atoms with E-state index in [4.69, 9.17) is 0 Å². The van der Waals surface area contributed by atoms with E-state index in [0.717, 1.165) is 0 Å². The maximum absolute atomic E-state index is 11.4. The Labute approximate surface area is 82.9 Å². The van der Waals surface area contributed by atoms with Gasteiger partial charge in [0, 0.05) is 12.3 Å². The molecule has 0 amide bonds. The first-order valence-electron chi connectivity index (χ1n) is 5.66. The van der Waals surface area contributed by atoms with E-state index in [2.05, 4.69) is 20.8 Å². The fraction of sp³-hybridized carbons (Fsp3) is 0.917. The van der Waals surface area contributed by atoms with E-state index >= 15 is 0 Å². The first-order chi connectivity index (χ1) is 6.13. The molecule has 0 bridgehead atoms. The Morgan fingerprint density at radius 2 is 1.77 bits per heavy atom. The van der Waals surface area contributed by atoms with Crippen molar-refractivity contribution in [3.63, 3.8) is 0 Å². The van der Waals surface area contributed by atoms with Gasteiger partial charge in [0.15, 0.2) is 0 Å². The number of hydrogen-bond acceptors (Lipinski definition) is 1. The first kappa shape index (κ1) is 12.7. The number of ketones is 1. The van der Waals surface area contributed by atoms with E-state index < -0.39 is 0 Å². The molecule has 1 nitrogen and oxygen atoms in total. The van der Waals surface area contributed by atoms with Crippen LogP contribution in [0.3, 0.4) is 0 Å². The van der Waals surface area contributed by atoms with Gasteiger partial charge in [0.05, 0.1) is 0 Å². The van der Waals surface area contributed by atoms with Crippen LogP contribution in [0.4, 0.5) is 0 Å². The van der Waals surface area contributed by atoms with Crippen LogP contribution in [0.1, 0.15) is 59.8 Å². The van der Waals surface area contributed by atoms with Crippen molar-refractivity contribution in [3.05, 3.63) is 0 Å². The largest absolute Gasteiger partial charge is 0.299 e. The second-order valence-electron chi connectivity index (χ2n) is 4.08. The van der Waals surface area contributed by atoms with E-state index in [1.54, 1.807) is 0 Å². The second kappa shape index (κ2) is 7.11. The molecule has 0 saturated carbocycles. The molecule has 2 atom stereocenters. The Bertz CT molecular complexity index is 140. The lowest BCUT2D eigenvalue weighted by Gasteiger charge is -2.17. The quantitative estimate of drug-likeness (QED) is 0.550. The Hall–Kier alpha value is -0.330. The molecule has 0 radical (unpaired) electrons. The van der Waals surface area contributed by atoms with Crippen LogP contribution in [0.2, 0.25) is 0 Å². The molecule has 0 spiro atoms. The van der Waals surface area contributed by atoms with Gasteiger partial charge in [-0.3, -0.25) is 4.79 Å². The average molecular weight is 184 g/mol. The molecule has 0 aromatic heterocycles. The monoisotopic (exact) mass is 184 g/mol. The van der Waals surface area contributed by atoms with Crippen molar-refractivity contribution in [2.75, 3.05) is 0 Å². The highest BCUT2D eigenvalue weighted by atomic mass is 16.1. The van der Waals surface area contributed by atoms with Crippen LogP contribution in [0.15, 0.2) is 0 Å². The molecule has 0 N–H and O–H groups in total. The minimum Gasteiger partial charge on any atom is -0.299 e. The number of hydrogen-bond donors (Lipinski definition) is 0. The van der Waals surface area contributed by atoms with E-state index in [1.807, 2.05) is 6.92 Å². The van der Waals surface area contributed by atoms with Crippen LogP contribution >= 0.6 is 0 Å². The summed E-state index contributed by atoms with van der Waals surface area (Å²) in [5, 5.41) is 0. The van der Waals surface area contributed by atoms with Gasteiger partial charge in [-0.2, -0.15) is 0 Å². The third kappa shape index (κ3) is 5.07. The fourth-order valence-corrected chi connectivity index (χ4v) is 1.61. The van der Waals surface area contributed by atoms with Gasteiger partial charge in [-0.25, -0.2) is 0 Å². The lowest BCUT2D eigenvalue weighted by Crippen LogP contribution is -2.17. The maximum atomic E-state index is 11.4. The molecule has 0 rings (SSSR count). The summed E-state index contributed by atoms with van der Waals surface area (Å²) in [5.41, 5.74) is 0. The number of carbonyl (C=O) groups excluding carboxylic acids is 1. The Kier molecular flexibility index (Phi) is 6.93. The zero-order valence-corrected chi connectivity index (χ0v) is 9.60. The van der Waals surface area contributed by atoms with Gasteiger partial charge < -0.3 is 0 Å². The number of Topliss-reactive ketones (excluding diaryl/α,β-unsaturated/α-hetero) is 1. The molecular formula is C12H24O. The number of unbranched alkanes of at least 4 members (excludes halogenated alkanes) is 2. The van der Waals surface area contributed by atoms with Crippen molar-refractivity contribution in [1.29, 1.82) is 0 Å². The molecular weight excluding hydrogens is 160 g/mol. The highest BCUT2D eigenvalue weighted by Crippen LogP contribution is 2.20. The Balaban J connectivity index is 3.68. The smallest absolute Gasteiger partial charge is 0.135 e. The van der Waals surface area contributed by atoms with E-state index in [0.29, 0.717) is 18.1 Å². The van der Waals surface area contributed by atoms with Gasteiger partial charge in [-0.05, 0) is 5.92 Å². The van der Waals surface area contributed by atoms with Crippen LogP contribution in [0.5, 0.6) is 0 Å². The number of rotatable bonds is 7. The van der Waals surface area contributed by atoms with Crippen LogP contribution in [-0.4, -0.2) is 5.78 Å². The molecule has 0 fully saturated rings. The Morgan fingerprint density at radius 1 is 1.15 bits per heavy atom. The summed E-state index contributed by atoms with van der Waals surface area (Å²) in [6.07, 6.45) is 5.75. The summed E-state index contributed by atoms with van der Waals surface area (Å²) < 4.78 is 0. The molecule has 0 unspecified atom stereocenters. The van der Waals surface area contributed by atoms with Crippen molar-refractivity contribution in [2.24, 2.45) is 11.8 Å². The predicted octanol–water partition coefficient (Wildman–Crippen LogP) is 3.82. The van der Waals surface area contributed by atoms with Crippen molar-refractivity contribution in [1.82, 2.24) is 0 Å². The second-order valence-corrected chi connectivity index (χ2v) is 4.08. The summed E-state index contributed by atoms with van der Waals surface area (Å²) in [6, 6.07) is 0. The Morgan fingerprint density at radius 3 is 2.23 bits per heavy atom. The van der Waals surface area contributed by atoms with Gasteiger partial charge in [-0.15, -0.1) is 0 Å². The van der Waals surface area contributed by atoms with Gasteiger partial charge in [0.1, 0.15) is 5.78 Å². The maximum Gasteiger partial charge on any atom is 0.135 e. The lowest BCUT2D eigenvalue weighted by atomic mass is 9.87. The molecule has 1 heteroatoms. The van der Waals surface area contributed by atoms with Crippen LogP contribution in [0.25, 0.3) is 0 Å². The van der Waals surface area contributed by atoms with Crippen molar-refractivity contribution < 1.29 is 4.79 Å². The van der Waals surface area contributed by atoms with Gasteiger partial charge in [0.2, 0.25) is 0 Å². The SMILES string of the molecule is CCCCC[C@H](C)[C@@H](C)C(=O)CC. The van der Waals surface area contributed by atoms with Crippen LogP contribution < -0.4 is 0 Å². The fourth-order valence-electron chi connectivity index (χ4n) is 1.61. The zero-order valence-electron chi connectivity index (χ0n) is 9.60.